The SMILES string of the molecule is CCCCCCN=C(N)NCCC(=O)Nc1cccc(C)n1.I. The largest absolute Gasteiger partial charge is 0.370 e. The fourth-order valence-corrected chi connectivity index (χ4v) is 1.92. The lowest BCUT2D eigenvalue weighted by Crippen LogP contribution is -2.34. The number of unbranched alkanes of at least 4 members (excludes halogenated alkanes) is 3. The number of anilines is 1. The average molecular weight is 433 g/mol. The summed E-state index contributed by atoms with van der Waals surface area (Å²) in [6.07, 6.45) is 5.00. The summed E-state index contributed by atoms with van der Waals surface area (Å²) in [5, 5.41) is 5.70. The summed E-state index contributed by atoms with van der Waals surface area (Å²) in [5.74, 6) is 0.877. The van der Waals surface area contributed by atoms with Crippen LogP contribution in [-0.2, 0) is 4.79 Å². The van der Waals surface area contributed by atoms with Crippen molar-refractivity contribution in [3.05, 3.63) is 23.9 Å². The van der Waals surface area contributed by atoms with E-state index >= 15 is 0 Å². The van der Waals surface area contributed by atoms with Gasteiger partial charge in [-0.3, -0.25) is 9.79 Å². The Balaban J connectivity index is 0.00000484. The monoisotopic (exact) mass is 433 g/mol. The second kappa shape index (κ2) is 13.1. The van der Waals surface area contributed by atoms with Crippen LogP contribution in [0.1, 0.15) is 44.7 Å². The molecule has 6 nitrogen and oxygen atoms in total. The molecule has 0 aliphatic heterocycles. The fourth-order valence-electron chi connectivity index (χ4n) is 1.92. The van der Waals surface area contributed by atoms with Gasteiger partial charge in [0.2, 0.25) is 5.91 Å². The number of guanidine groups is 1. The fraction of sp³-hybridized carbons (Fsp3) is 0.562. The van der Waals surface area contributed by atoms with Crippen LogP contribution < -0.4 is 16.4 Å². The van der Waals surface area contributed by atoms with Crippen LogP contribution in [-0.4, -0.2) is 29.9 Å². The first-order chi connectivity index (χ1) is 10.6. The number of aryl methyl sites for hydroxylation is 1. The third kappa shape index (κ3) is 10.9. The van der Waals surface area contributed by atoms with Gasteiger partial charge in [-0.1, -0.05) is 32.3 Å². The molecule has 0 atom stereocenters. The third-order valence-corrected chi connectivity index (χ3v) is 3.11. The molecule has 1 aromatic rings. The zero-order valence-corrected chi connectivity index (χ0v) is 16.3. The van der Waals surface area contributed by atoms with E-state index in [1.54, 1.807) is 6.07 Å². The summed E-state index contributed by atoms with van der Waals surface area (Å²) in [7, 11) is 0. The molecule has 0 fully saturated rings. The number of rotatable bonds is 9. The standard InChI is InChI=1S/C16H27N5O.HI/c1-3-4-5-6-11-18-16(17)19-12-10-15(22)21-14-9-7-8-13(2)20-14;/h7-9H,3-6,10-12H2,1-2H3,(H3,17,18,19)(H,20,21,22);1H. The summed E-state index contributed by atoms with van der Waals surface area (Å²) in [6, 6.07) is 5.51. The van der Waals surface area contributed by atoms with Crippen LogP contribution in [0.3, 0.4) is 0 Å². The highest BCUT2D eigenvalue weighted by molar-refractivity contribution is 14.0. The Morgan fingerprint density at radius 2 is 2.09 bits per heavy atom. The Labute approximate surface area is 155 Å². The van der Waals surface area contributed by atoms with E-state index in [2.05, 4.69) is 27.5 Å². The number of hydrogen-bond acceptors (Lipinski definition) is 3. The summed E-state index contributed by atoms with van der Waals surface area (Å²) >= 11 is 0. The minimum atomic E-state index is -0.0960. The molecule has 23 heavy (non-hydrogen) atoms. The van der Waals surface area contributed by atoms with E-state index in [0.29, 0.717) is 24.7 Å². The van der Waals surface area contributed by atoms with Gasteiger partial charge in [0.05, 0.1) is 0 Å². The van der Waals surface area contributed by atoms with Gasteiger partial charge in [-0.05, 0) is 25.5 Å². The van der Waals surface area contributed by atoms with Crippen molar-refractivity contribution in [2.75, 3.05) is 18.4 Å². The minimum absolute atomic E-state index is 0. The molecular weight excluding hydrogens is 405 g/mol. The van der Waals surface area contributed by atoms with Crippen LogP contribution in [0, 0.1) is 6.92 Å². The molecule has 7 heteroatoms. The Bertz CT molecular complexity index is 493. The summed E-state index contributed by atoms with van der Waals surface area (Å²) in [4.78, 5) is 20.2. The number of nitrogens with zero attached hydrogens (tertiary/aromatic N) is 2. The highest BCUT2D eigenvalue weighted by Gasteiger charge is 2.03. The van der Waals surface area contributed by atoms with Gasteiger partial charge in [0.1, 0.15) is 5.82 Å². The van der Waals surface area contributed by atoms with Gasteiger partial charge in [0, 0.05) is 25.2 Å². The van der Waals surface area contributed by atoms with Crippen molar-refractivity contribution in [3.8, 4) is 0 Å². The molecule has 1 amide bonds. The zero-order chi connectivity index (χ0) is 16.2. The molecule has 0 saturated carbocycles. The zero-order valence-electron chi connectivity index (χ0n) is 14.0. The van der Waals surface area contributed by atoms with E-state index in [9.17, 15) is 4.79 Å². The molecule has 1 aromatic heterocycles. The second-order valence-electron chi connectivity index (χ2n) is 5.22. The quantitative estimate of drug-likeness (QED) is 0.242. The first kappa shape index (κ1) is 21.6. The van der Waals surface area contributed by atoms with Crippen LogP contribution in [0.4, 0.5) is 5.82 Å². The van der Waals surface area contributed by atoms with E-state index in [1.165, 1.54) is 19.3 Å². The van der Waals surface area contributed by atoms with Crippen molar-refractivity contribution in [2.45, 2.75) is 46.0 Å². The number of halogens is 1. The van der Waals surface area contributed by atoms with Gasteiger partial charge in [-0.15, -0.1) is 24.0 Å². The minimum Gasteiger partial charge on any atom is -0.370 e. The number of carbonyl (C=O) groups excluding carboxylic acids is 1. The van der Waals surface area contributed by atoms with Gasteiger partial charge in [0.15, 0.2) is 5.96 Å². The van der Waals surface area contributed by atoms with Crippen molar-refractivity contribution in [1.82, 2.24) is 10.3 Å². The number of nitrogens with one attached hydrogen (secondary N) is 2. The highest BCUT2D eigenvalue weighted by Crippen LogP contribution is 2.03. The number of hydrogen-bond donors (Lipinski definition) is 3. The number of aliphatic imine (C=N–C) groups is 1. The van der Waals surface area contributed by atoms with Crippen molar-refractivity contribution in [1.29, 1.82) is 0 Å². The smallest absolute Gasteiger partial charge is 0.227 e. The lowest BCUT2D eigenvalue weighted by molar-refractivity contribution is -0.116. The van der Waals surface area contributed by atoms with Crippen LogP contribution in [0.2, 0.25) is 0 Å². The first-order valence-electron chi connectivity index (χ1n) is 7.89. The van der Waals surface area contributed by atoms with Crippen LogP contribution >= 0.6 is 24.0 Å². The van der Waals surface area contributed by atoms with Crippen LogP contribution in [0.5, 0.6) is 0 Å². The molecule has 0 unspecified atom stereocenters. The van der Waals surface area contributed by atoms with Crippen molar-refractivity contribution >= 4 is 41.7 Å². The molecule has 0 aliphatic rings. The second-order valence-corrected chi connectivity index (χ2v) is 5.22. The summed E-state index contributed by atoms with van der Waals surface area (Å²) < 4.78 is 0. The third-order valence-electron chi connectivity index (χ3n) is 3.11. The summed E-state index contributed by atoms with van der Waals surface area (Å²) in [6.45, 7) is 5.26. The van der Waals surface area contributed by atoms with E-state index in [4.69, 9.17) is 5.73 Å². The Morgan fingerprint density at radius 3 is 2.78 bits per heavy atom. The Morgan fingerprint density at radius 1 is 1.30 bits per heavy atom. The topological polar surface area (TPSA) is 92.4 Å². The molecule has 0 radical (unpaired) electrons. The van der Waals surface area contributed by atoms with Crippen LogP contribution in [0.15, 0.2) is 23.2 Å². The molecule has 0 bridgehead atoms. The Hall–Kier alpha value is -1.38. The molecule has 0 aromatic carbocycles. The van der Waals surface area contributed by atoms with Crippen molar-refractivity contribution in [2.24, 2.45) is 10.7 Å². The van der Waals surface area contributed by atoms with Gasteiger partial charge >= 0.3 is 0 Å². The molecule has 0 spiro atoms. The molecule has 130 valence electrons. The average Bonchev–Trinajstić information content (AvgIpc) is 2.47. The maximum atomic E-state index is 11.8. The van der Waals surface area contributed by atoms with E-state index in [1.807, 2.05) is 19.1 Å². The number of amides is 1. The normalized spacial score (nSPS) is 10.8. The van der Waals surface area contributed by atoms with Crippen molar-refractivity contribution in [3.63, 3.8) is 0 Å². The molecule has 1 rings (SSSR count). The lowest BCUT2D eigenvalue weighted by Gasteiger charge is -2.07. The predicted molar refractivity (Wildman–Crippen MR) is 106 cm³/mol. The predicted octanol–water partition coefficient (Wildman–Crippen LogP) is 2.82. The lowest BCUT2D eigenvalue weighted by atomic mass is 10.2. The summed E-state index contributed by atoms with van der Waals surface area (Å²) in [5.41, 5.74) is 6.61. The van der Waals surface area contributed by atoms with E-state index in [0.717, 1.165) is 18.7 Å². The van der Waals surface area contributed by atoms with E-state index in [-0.39, 0.29) is 29.9 Å². The van der Waals surface area contributed by atoms with Gasteiger partial charge in [-0.25, -0.2) is 4.98 Å². The maximum Gasteiger partial charge on any atom is 0.227 e. The molecule has 4 N–H and O–H groups in total. The Kier molecular flexibility index (Phi) is 12.3. The van der Waals surface area contributed by atoms with Gasteiger partial charge in [0.25, 0.3) is 0 Å². The van der Waals surface area contributed by atoms with Gasteiger partial charge < -0.3 is 16.4 Å². The number of nitrogens with two attached hydrogens (primary N) is 1. The van der Waals surface area contributed by atoms with Crippen molar-refractivity contribution < 1.29 is 4.79 Å². The van der Waals surface area contributed by atoms with Crippen LogP contribution in [0.25, 0.3) is 0 Å². The van der Waals surface area contributed by atoms with Gasteiger partial charge in [-0.2, -0.15) is 0 Å². The molecule has 1 heterocycles. The number of aromatic nitrogens is 1. The number of carbonyl (C=O) groups is 1. The molecular formula is C16H28IN5O. The molecule has 0 saturated heterocycles. The molecule has 0 aliphatic carbocycles. The maximum absolute atomic E-state index is 11.8. The first-order valence-corrected chi connectivity index (χ1v) is 7.89. The number of pyridine rings is 1. The van der Waals surface area contributed by atoms with E-state index < -0.39 is 0 Å². The highest BCUT2D eigenvalue weighted by atomic mass is 127.